The highest BCUT2D eigenvalue weighted by Gasteiger charge is 2.64. The molecule has 4 rings (SSSR count). The first-order valence-electron chi connectivity index (χ1n) is 9.54. The minimum absolute atomic E-state index is 0.166. The maximum atomic E-state index is 12.4. The van der Waals surface area contributed by atoms with Gasteiger partial charge in [-0.3, -0.25) is 0 Å². The Balaban J connectivity index is 1.71. The highest BCUT2D eigenvalue weighted by molar-refractivity contribution is 5.91. The summed E-state index contributed by atoms with van der Waals surface area (Å²) in [5.41, 5.74) is 1.55. The van der Waals surface area contributed by atoms with E-state index in [0.29, 0.717) is 18.4 Å². The van der Waals surface area contributed by atoms with E-state index < -0.39 is 42.0 Å². The van der Waals surface area contributed by atoms with Crippen molar-refractivity contribution in [1.29, 1.82) is 0 Å². The van der Waals surface area contributed by atoms with Crippen molar-refractivity contribution in [3.63, 3.8) is 0 Å². The smallest absolute Gasteiger partial charge is 0.334 e. The van der Waals surface area contributed by atoms with Crippen molar-refractivity contribution in [2.75, 3.05) is 7.11 Å². The molecule has 0 spiro atoms. The first-order valence-corrected chi connectivity index (χ1v) is 9.54. The predicted molar refractivity (Wildman–Crippen MR) is 98.1 cm³/mol. The molecule has 0 N–H and O–H groups in total. The summed E-state index contributed by atoms with van der Waals surface area (Å²) >= 11 is 0. The molecule has 4 aliphatic rings. The summed E-state index contributed by atoms with van der Waals surface area (Å²) in [5, 5.41) is 0. The predicted octanol–water partition coefficient (Wildman–Crippen LogP) is 2.21. The monoisotopic (exact) mass is 390 g/mol. The maximum Gasteiger partial charge on any atom is 0.334 e. The number of hydrogen-bond acceptors (Lipinski definition) is 7. The van der Waals surface area contributed by atoms with Gasteiger partial charge in [0.2, 0.25) is 0 Å². The molecule has 3 heterocycles. The molecule has 0 amide bonds. The number of esters is 2. The molecular weight excluding hydrogens is 364 g/mol. The van der Waals surface area contributed by atoms with Crippen LogP contribution in [0, 0.1) is 5.92 Å². The van der Waals surface area contributed by atoms with E-state index in [9.17, 15) is 9.59 Å². The van der Waals surface area contributed by atoms with Gasteiger partial charge in [-0.25, -0.2) is 9.59 Å². The van der Waals surface area contributed by atoms with Crippen LogP contribution in [-0.4, -0.2) is 55.4 Å². The van der Waals surface area contributed by atoms with E-state index in [1.54, 1.807) is 7.11 Å². The van der Waals surface area contributed by atoms with Crippen molar-refractivity contribution >= 4 is 11.9 Å². The minimum atomic E-state index is -0.634. The number of epoxide rings is 1. The highest BCUT2D eigenvalue weighted by atomic mass is 16.7. The summed E-state index contributed by atoms with van der Waals surface area (Å²) in [4.78, 5) is 24.7. The van der Waals surface area contributed by atoms with E-state index in [1.165, 1.54) is 6.08 Å². The van der Waals surface area contributed by atoms with Gasteiger partial charge in [0.1, 0.15) is 18.3 Å². The van der Waals surface area contributed by atoms with Crippen LogP contribution >= 0.6 is 0 Å². The van der Waals surface area contributed by atoms with Gasteiger partial charge in [0.25, 0.3) is 0 Å². The lowest BCUT2D eigenvalue weighted by Gasteiger charge is -2.28. The average Bonchev–Trinajstić information content (AvgIpc) is 2.95. The molecule has 2 bridgehead atoms. The Morgan fingerprint density at radius 1 is 1.39 bits per heavy atom. The molecule has 0 aromatic rings. The second-order valence-corrected chi connectivity index (χ2v) is 8.36. The zero-order valence-corrected chi connectivity index (χ0v) is 16.6. The number of carbonyl (C=O) groups is 2. The van der Waals surface area contributed by atoms with Gasteiger partial charge < -0.3 is 23.7 Å². The van der Waals surface area contributed by atoms with Crippen LogP contribution in [0.3, 0.4) is 0 Å². The fourth-order valence-electron chi connectivity index (χ4n) is 4.50. The maximum absolute atomic E-state index is 12.4. The number of allylic oxidation sites excluding steroid dienone is 1. The normalized spacial score (nSPS) is 41.4. The Labute approximate surface area is 164 Å². The Bertz CT molecular complexity index is 778. The summed E-state index contributed by atoms with van der Waals surface area (Å²) in [6, 6.07) is 0. The van der Waals surface area contributed by atoms with Crippen molar-refractivity contribution in [2.45, 2.75) is 69.9 Å². The zero-order valence-electron chi connectivity index (χ0n) is 16.6. The molecule has 7 unspecified atom stereocenters. The molecule has 2 saturated heterocycles. The number of carbonyl (C=O) groups excluding carboxylic acids is 2. The van der Waals surface area contributed by atoms with Crippen LogP contribution < -0.4 is 0 Å². The molecule has 0 radical (unpaired) electrons. The van der Waals surface area contributed by atoms with Crippen LogP contribution in [-0.2, 0) is 33.3 Å². The topological polar surface area (TPSA) is 83.6 Å². The SMILES string of the molecule is C=C1C(=O)OC2C1C(OC(=O)C=C(C)C)CC1=CC(CC3(C)OC23)OC1OC. The van der Waals surface area contributed by atoms with Gasteiger partial charge in [-0.05, 0) is 26.3 Å². The van der Waals surface area contributed by atoms with Crippen LogP contribution in [0.25, 0.3) is 0 Å². The largest absolute Gasteiger partial charge is 0.458 e. The quantitative estimate of drug-likeness (QED) is 0.316. The fourth-order valence-corrected chi connectivity index (χ4v) is 4.50. The van der Waals surface area contributed by atoms with E-state index in [-0.39, 0.29) is 12.2 Å². The summed E-state index contributed by atoms with van der Waals surface area (Å²) in [6.07, 6.45) is 2.32. The Morgan fingerprint density at radius 3 is 2.82 bits per heavy atom. The lowest BCUT2D eigenvalue weighted by Crippen LogP contribution is -2.38. The lowest BCUT2D eigenvalue weighted by atomic mass is 9.82. The van der Waals surface area contributed by atoms with Gasteiger partial charge >= 0.3 is 11.9 Å². The van der Waals surface area contributed by atoms with Crippen LogP contribution in [0.15, 0.2) is 35.5 Å². The van der Waals surface area contributed by atoms with Crippen molar-refractivity contribution in [2.24, 2.45) is 5.92 Å². The second-order valence-electron chi connectivity index (χ2n) is 8.36. The summed E-state index contributed by atoms with van der Waals surface area (Å²) in [5.74, 6) is -1.41. The van der Waals surface area contributed by atoms with Crippen molar-refractivity contribution < 1.29 is 33.3 Å². The summed E-state index contributed by atoms with van der Waals surface area (Å²) in [6.45, 7) is 9.54. The Hall–Kier alpha value is -1.96. The second kappa shape index (κ2) is 6.83. The summed E-state index contributed by atoms with van der Waals surface area (Å²) < 4.78 is 28.8. The first-order chi connectivity index (χ1) is 13.2. The van der Waals surface area contributed by atoms with Gasteiger partial charge in [-0.15, -0.1) is 0 Å². The fraction of sp³-hybridized carbons (Fsp3) is 0.619. The molecule has 1 aliphatic carbocycles. The van der Waals surface area contributed by atoms with E-state index in [4.69, 9.17) is 23.7 Å². The van der Waals surface area contributed by atoms with Crippen LogP contribution in [0.4, 0.5) is 0 Å². The Morgan fingerprint density at radius 2 is 2.14 bits per heavy atom. The summed E-state index contributed by atoms with van der Waals surface area (Å²) in [7, 11) is 1.58. The first kappa shape index (κ1) is 19.4. The van der Waals surface area contributed by atoms with Gasteiger partial charge in [-0.1, -0.05) is 18.2 Å². The molecule has 152 valence electrons. The van der Waals surface area contributed by atoms with Crippen molar-refractivity contribution in [1.82, 2.24) is 0 Å². The van der Waals surface area contributed by atoms with E-state index in [1.807, 2.05) is 26.8 Å². The van der Waals surface area contributed by atoms with E-state index in [2.05, 4.69) is 6.58 Å². The molecule has 7 heteroatoms. The third kappa shape index (κ3) is 3.32. The number of fused-ring (bicyclic) bond motifs is 4. The van der Waals surface area contributed by atoms with Crippen LogP contribution in [0.5, 0.6) is 0 Å². The van der Waals surface area contributed by atoms with Gasteiger partial charge in [0.15, 0.2) is 6.29 Å². The molecule has 0 aromatic carbocycles. The van der Waals surface area contributed by atoms with Crippen molar-refractivity contribution in [3.8, 4) is 0 Å². The molecule has 28 heavy (non-hydrogen) atoms. The molecular formula is C21H26O7. The number of ether oxygens (including phenoxy) is 5. The van der Waals surface area contributed by atoms with Gasteiger partial charge in [0.05, 0.1) is 17.6 Å². The Kier molecular flexibility index (Phi) is 4.72. The lowest BCUT2D eigenvalue weighted by molar-refractivity contribution is -0.148. The number of methoxy groups -OCH3 is 1. The molecule has 7 nitrogen and oxygen atoms in total. The van der Waals surface area contributed by atoms with Gasteiger partial charge in [-0.2, -0.15) is 0 Å². The molecule has 0 saturated carbocycles. The standard InChI is InChI=1S/C21H26O7/c1-10(2)6-15(22)26-14-8-12-7-13(25-20(12)24-5)9-21(4)18(28-21)17-16(14)11(3)19(23)27-17/h6-7,13-14,16-18,20H,3,8-9H2,1-2,4-5H3. The third-order valence-electron chi connectivity index (χ3n) is 5.83. The van der Waals surface area contributed by atoms with Crippen LogP contribution in [0.1, 0.15) is 33.6 Å². The molecule has 7 atom stereocenters. The third-order valence-corrected chi connectivity index (χ3v) is 5.83. The minimum Gasteiger partial charge on any atom is -0.458 e. The van der Waals surface area contributed by atoms with Crippen LogP contribution in [0.2, 0.25) is 0 Å². The highest BCUT2D eigenvalue weighted by Crippen LogP contribution is 2.51. The average molecular weight is 390 g/mol. The van der Waals surface area contributed by atoms with Gasteiger partial charge in [0, 0.05) is 31.6 Å². The number of rotatable bonds is 3. The van der Waals surface area contributed by atoms with E-state index >= 15 is 0 Å². The van der Waals surface area contributed by atoms with E-state index in [0.717, 1.165) is 11.1 Å². The zero-order chi connectivity index (χ0) is 20.2. The molecule has 2 fully saturated rings. The molecule has 3 aliphatic heterocycles. The van der Waals surface area contributed by atoms with Crippen molar-refractivity contribution in [3.05, 3.63) is 35.5 Å². The number of hydrogen-bond donors (Lipinski definition) is 0. The molecule has 0 aromatic heterocycles.